The predicted octanol–water partition coefficient (Wildman–Crippen LogP) is 6.77. The number of aromatic hydroxyl groups is 2. The number of amides is 1. The lowest BCUT2D eigenvalue weighted by Gasteiger charge is -2.33. The Morgan fingerprint density at radius 3 is 2.29 bits per heavy atom. The van der Waals surface area contributed by atoms with Crippen molar-refractivity contribution in [3.63, 3.8) is 0 Å². The molecule has 6 nitrogen and oxygen atoms in total. The first-order chi connectivity index (χ1) is 18.4. The van der Waals surface area contributed by atoms with Gasteiger partial charge in [0.2, 0.25) is 5.91 Å². The monoisotopic (exact) mass is 529 g/mol. The Hall–Kier alpha value is -3.84. The zero-order valence-corrected chi connectivity index (χ0v) is 22.2. The first kappa shape index (κ1) is 25.8. The summed E-state index contributed by atoms with van der Waals surface area (Å²) in [5.41, 5.74) is 1.91. The van der Waals surface area contributed by atoms with E-state index in [0.717, 1.165) is 33.4 Å². The predicted molar refractivity (Wildman–Crippen MR) is 150 cm³/mol. The molecule has 1 fully saturated rings. The Morgan fingerprint density at radius 2 is 1.61 bits per heavy atom. The number of fused-ring (bicyclic) bond motifs is 1. The maximum absolute atomic E-state index is 13.7. The molecule has 0 saturated heterocycles. The lowest BCUT2D eigenvalue weighted by atomic mass is 9.94. The Morgan fingerprint density at radius 1 is 0.921 bits per heavy atom. The van der Waals surface area contributed by atoms with Crippen molar-refractivity contribution in [2.24, 2.45) is 0 Å². The number of nitrogens with zero attached hydrogens (tertiary/aromatic N) is 1. The van der Waals surface area contributed by atoms with Crippen LogP contribution in [0.1, 0.15) is 54.9 Å². The van der Waals surface area contributed by atoms with Crippen LogP contribution in [0.15, 0.2) is 66.7 Å². The number of carbonyl (C=O) groups excluding carboxylic acids is 2. The maximum atomic E-state index is 13.7. The van der Waals surface area contributed by atoms with Crippen LogP contribution in [0.5, 0.6) is 17.2 Å². The van der Waals surface area contributed by atoms with E-state index < -0.39 is 0 Å². The number of ketones is 1. The van der Waals surface area contributed by atoms with Crippen molar-refractivity contribution >= 4 is 33.1 Å². The zero-order chi connectivity index (χ0) is 26.6. The van der Waals surface area contributed by atoms with Crippen LogP contribution in [0.2, 0.25) is 0 Å². The first-order valence-corrected chi connectivity index (χ1v) is 13.8. The molecule has 4 aromatic rings. The molecule has 0 unspecified atom stereocenters. The molecule has 7 heteroatoms. The molecule has 0 aliphatic heterocycles. The third kappa shape index (κ3) is 5.53. The average Bonchev–Trinajstić information content (AvgIpc) is 3.30. The Balaban J connectivity index is 1.34. The molecule has 0 atom stereocenters. The first-order valence-electron chi connectivity index (χ1n) is 13.0. The second-order valence-corrected chi connectivity index (χ2v) is 10.8. The van der Waals surface area contributed by atoms with Crippen molar-refractivity contribution in [2.45, 2.75) is 45.1 Å². The fraction of sp³-hybridized carbons (Fsp3) is 0.290. The highest BCUT2D eigenvalue weighted by Crippen LogP contribution is 2.41. The summed E-state index contributed by atoms with van der Waals surface area (Å²) in [6, 6.07) is 19.2. The third-order valence-corrected chi connectivity index (χ3v) is 8.37. The van der Waals surface area contributed by atoms with Crippen LogP contribution < -0.4 is 4.74 Å². The molecule has 0 bridgehead atoms. The van der Waals surface area contributed by atoms with Gasteiger partial charge in [0.05, 0.1) is 6.54 Å². The van der Waals surface area contributed by atoms with Gasteiger partial charge in [-0.1, -0.05) is 19.3 Å². The molecular formula is C31H31NO5S. The molecule has 1 aliphatic rings. The van der Waals surface area contributed by atoms with Crippen molar-refractivity contribution in [1.29, 1.82) is 0 Å². The van der Waals surface area contributed by atoms with Crippen LogP contribution in [0.3, 0.4) is 0 Å². The summed E-state index contributed by atoms with van der Waals surface area (Å²) in [5, 5.41) is 20.5. The highest BCUT2D eigenvalue weighted by Gasteiger charge is 2.24. The Labute approximate surface area is 226 Å². The number of hydrogen-bond acceptors (Lipinski definition) is 6. The van der Waals surface area contributed by atoms with Gasteiger partial charge in [-0.2, -0.15) is 0 Å². The second kappa shape index (κ2) is 11.3. The van der Waals surface area contributed by atoms with Crippen molar-refractivity contribution < 1.29 is 24.5 Å². The number of thiophene rings is 1. The summed E-state index contributed by atoms with van der Waals surface area (Å²) in [4.78, 5) is 28.6. The smallest absolute Gasteiger partial charge is 0.219 e. The zero-order valence-electron chi connectivity index (χ0n) is 21.4. The topological polar surface area (TPSA) is 87.1 Å². The molecule has 3 aromatic carbocycles. The van der Waals surface area contributed by atoms with E-state index in [4.69, 9.17) is 4.74 Å². The normalized spacial score (nSPS) is 13.9. The lowest BCUT2D eigenvalue weighted by molar-refractivity contribution is -0.132. The molecule has 1 saturated carbocycles. The standard InChI is InChI=1S/C31H31NO5S/c1-20(33)32(23-5-3-2-4-6-23)17-18-37-26-14-9-21(10-15-26)30(36)29-27-16-13-25(35)19-28(27)38-31(29)22-7-11-24(34)12-8-22/h7-16,19,23,34-35H,2-6,17-18H2,1H3. The van der Waals surface area contributed by atoms with Crippen molar-refractivity contribution in [3.8, 4) is 27.7 Å². The number of hydrogen-bond donors (Lipinski definition) is 2. The van der Waals surface area contributed by atoms with E-state index in [-0.39, 0.29) is 23.2 Å². The fourth-order valence-electron chi connectivity index (χ4n) is 5.23. The van der Waals surface area contributed by atoms with Gasteiger partial charge in [-0.3, -0.25) is 9.59 Å². The summed E-state index contributed by atoms with van der Waals surface area (Å²) in [6.07, 6.45) is 5.68. The van der Waals surface area contributed by atoms with E-state index >= 15 is 0 Å². The van der Waals surface area contributed by atoms with Crippen LogP contribution in [-0.4, -0.2) is 46.0 Å². The van der Waals surface area contributed by atoms with Gasteiger partial charge in [0.1, 0.15) is 23.9 Å². The van der Waals surface area contributed by atoms with E-state index in [1.165, 1.54) is 30.6 Å². The van der Waals surface area contributed by atoms with Gasteiger partial charge in [-0.05, 0) is 85.1 Å². The van der Waals surface area contributed by atoms with E-state index in [1.807, 2.05) is 4.90 Å². The average molecular weight is 530 g/mol. The minimum absolute atomic E-state index is 0.0854. The van der Waals surface area contributed by atoms with Gasteiger partial charge in [0, 0.05) is 39.1 Å². The molecule has 1 heterocycles. The molecule has 0 spiro atoms. The van der Waals surface area contributed by atoms with Gasteiger partial charge >= 0.3 is 0 Å². The van der Waals surface area contributed by atoms with E-state index in [1.54, 1.807) is 73.7 Å². The number of phenolic OH excluding ortho intramolecular Hbond substituents is 2. The van der Waals surface area contributed by atoms with Crippen molar-refractivity contribution in [3.05, 3.63) is 77.9 Å². The van der Waals surface area contributed by atoms with Crippen LogP contribution in [0.25, 0.3) is 20.5 Å². The SMILES string of the molecule is CC(=O)N(CCOc1ccc(C(=O)c2c(-c3ccc(O)cc3)sc3cc(O)ccc23)cc1)C1CCCCC1. The highest BCUT2D eigenvalue weighted by atomic mass is 32.1. The maximum Gasteiger partial charge on any atom is 0.219 e. The van der Waals surface area contributed by atoms with Crippen molar-refractivity contribution in [1.82, 2.24) is 4.90 Å². The third-order valence-electron chi connectivity index (χ3n) is 7.17. The fourth-order valence-corrected chi connectivity index (χ4v) is 6.46. The quantitative estimate of drug-likeness (QED) is 0.246. The van der Waals surface area contributed by atoms with Crippen LogP contribution >= 0.6 is 11.3 Å². The summed E-state index contributed by atoms with van der Waals surface area (Å²) in [5.74, 6) is 0.899. The molecule has 1 aliphatic carbocycles. The summed E-state index contributed by atoms with van der Waals surface area (Å²) < 4.78 is 6.75. The largest absolute Gasteiger partial charge is 0.508 e. The summed E-state index contributed by atoms with van der Waals surface area (Å²) in [6.45, 7) is 2.56. The molecule has 1 aromatic heterocycles. The van der Waals surface area contributed by atoms with Gasteiger partial charge in [0.25, 0.3) is 0 Å². The Bertz CT molecular complexity index is 1440. The van der Waals surface area contributed by atoms with Crippen molar-refractivity contribution in [2.75, 3.05) is 13.2 Å². The van der Waals surface area contributed by atoms with Gasteiger partial charge in [0.15, 0.2) is 5.78 Å². The number of carbonyl (C=O) groups is 2. The van der Waals surface area contributed by atoms with E-state index in [9.17, 15) is 19.8 Å². The number of ether oxygens (including phenoxy) is 1. The molecule has 0 radical (unpaired) electrons. The van der Waals surface area contributed by atoms with Gasteiger partial charge in [-0.15, -0.1) is 11.3 Å². The molecular weight excluding hydrogens is 498 g/mol. The minimum atomic E-state index is -0.128. The number of rotatable bonds is 8. The summed E-state index contributed by atoms with van der Waals surface area (Å²) >= 11 is 1.43. The van der Waals surface area contributed by atoms with Gasteiger partial charge < -0.3 is 19.8 Å². The number of phenols is 2. The van der Waals surface area contributed by atoms with Crippen LogP contribution in [-0.2, 0) is 4.79 Å². The molecule has 196 valence electrons. The summed E-state index contributed by atoms with van der Waals surface area (Å²) in [7, 11) is 0. The van der Waals surface area contributed by atoms with Gasteiger partial charge in [-0.25, -0.2) is 0 Å². The van der Waals surface area contributed by atoms with E-state index in [2.05, 4.69) is 0 Å². The lowest BCUT2D eigenvalue weighted by Crippen LogP contribution is -2.42. The van der Waals surface area contributed by atoms with Crippen LogP contribution in [0.4, 0.5) is 0 Å². The molecule has 2 N–H and O–H groups in total. The minimum Gasteiger partial charge on any atom is -0.508 e. The van der Waals surface area contributed by atoms with E-state index in [0.29, 0.717) is 36.1 Å². The molecule has 5 rings (SSSR count). The molecule has 1 amide bonds. The molecule has 38 heavy (non-hydrogen) atoms. The second-order valence-electron chi connectivity index (χ2n) is 9.74. The number of benzene rings is 3. The Kier molecular flexibility index (Phi) is 7.65. The van der Waals surface area contributed by atoms with Crippen LogP contribution in [0, 0.1) is 0 Å². The highest BCUT2D eigenvalue weighted by molar-refractivity contribution is 7.22.